The number of hydrogen-bond acceptors (Lipinski definition) is 4. The van der Waals surface area contributed by atoms with Crippen molar-refractivity contribution in [1.29, 1.82) is 0 Å². The zero-order valence-electron chi connectivity index (χ0n) is 12.8. The zero-order chi connectivity index (χ0) is 18.9. The van der Waals surface area contributed by atoms with Crippen LogP contribution < -0.4 is 4.72 Å². The molecule has 0 aliphatic heterocycles. The van der Waals surface area contributed by atoms with Gasteiger partial charge in [0.05, 0.1) is 5.69 Å². The van der Waals surface area contributed by atoms with Crippen molar-refractivity contribution in [1.82, 2.24) is 4.98 Å². The zero-order valence-corrected chi connectivity index (χ0v) is 16.0. The minimum Gasteiger partial charge on any atom is -0.278 e. The molecule has 0 saturated heterocycles. The van der Waals surface area contributed by atoms with Gasteiger partial charge >= 0.3 is 0 Å². The number of sulfonamides is 1. The van der Waals surface area contributed by atoms with Gasteiger partial charge in [-0.1, -0.05) is 15.9 Å². The first-order valence-corrected chi connectivity index (χ1v) is 10.2. The summed E-state index contributed by atoms with van der Waals surface area (Å²) in [5.41, 5.74) is -0.119. The summed E-state index contributed by atoms with van der Waals surface area (Å²) in [5, 5.41) is 1.36. The fraction of sp³-hybridized carbons (Fsp3) is 0.0625. The number of hydrogen-bond donors (Lipinski definition) is 1. The number of alkyl halides is 2. The van der Waals surface area contributed by atoms with Crippen molar-refractivity contribution >= 4 is 43.0 Å². The van der Waals surface area contributed by atoms with Crippen LogP contribution in [0.2, 0.25) is 0 Å². The molecule has 0 radical (unpaired) electrons. The lowest BCUT2D eigenvalue weighted by molar-refractivity contribution is 0.152. The molecule has 0 spiro atoms. The first-order chi connectivity index (χ1) is 12.3. The molecule has 4 nitrogen and oxygen atoms in total. The van der Waals surface area contributed by atoms with Crippen LogP contribution in [0.4, 0.5) is 18.9 Å². The second-order valence-electron chi connectivity index (χ2n) is 5.14. The van der Waals surface area contributed by atoms with Crippen LogP contribution in [0, 0.1) is 5.82 Å². The lowest BCUT2D eigenvalue weighted by Gasteiger charge is -2.11. The maximum absolute atomic E-state index is 13.1. The molecule has 1 N–H and O–H groups in total. The summed E-state index contributed by atoms with van der Waals surface area (Å²) >= 11 is 4.13. The van der Waals surface area contributed by atoms with E-state index in [1.807, 2.05) is 0 Å². The maximum Gasteiger partial charge on any atom is 0.280 e. The van der Waals surface area contributed by atoms with Crippen LogP contribution >= 0.6 is 27.3 Å². The van der Waals surface area contributed by atoms with Crippen molar-refractivity contribution in [2.24, 2.45) is 0 Å². The number of nitrogens with one attached hydrogen (secondary N) is 1. The summed E-state index contributed by atoms with van der Waals surface area (Å²) in [6.45, 7) is 0. The highest BCUT2D eigenvalue weighted by Crippen LogP contribution is 2.32. The smallest absolute Gasteiger partial charge is 0.278 e. The van der Waals surface area contributed by atoms with E-state index in [1.54, 1.807) is 0 Å². The van der Waals surface area contributed by atoms with Crippen LogP contribution in [-0.2, 0) is 10.0 Å². The number of anilines is 1. The molecule has 3 rings (SSSR count). The molecule has 0 fully saturated rings. The molecular weight excluding hydrogens is 453 g/mol. The van der Waals surface area contributed by atoms with Gasteiger partial charge in [-0.25, -0.2) is 18.2 Å². The molecule has 0 amide bonds. The summed E-state index contributed by atoms with van der Waals surface area (Å²) in [6, 6.07) is 9.27. The first kappa shape index (κ1) is 18.9. The predicted octanol–water partition coefficient (Wildman–Crippen LogP) is 5.45. The van der Waals surface area contributed by atoms with Gasteiger partial charge in [0.1, 0.15) is 10.8 Å². The molecule has 0 unspecified atom stereocenters. The normalized spacial score (nSPS) is 11.7. The summed E-state index contributed by atoms with van der Waals surface area (Å²) in [6.07, 6.45) is -2.85. The van der Waals surface area contributed by atoms with Crippen molar-refractivity contribution < 1.29 is 21.6 Å². The van der Waals surface area contributed by atoms with Crippen molar-refractivity contribution in [3.8, 4) is 10.6 Å². The summed E-state index contributed by atoms with van der Waals surface area (Å²) < 4.78 is 66.8. The standard InChI is InChI=1S/C16H10BrF3N2O2S2/c17-10-3-6-13(12(7-10)15(19)20)22-26(23,24)14-8-25-16(21-14)9-1-4-11(18)5-2-9/h1-8,15,22H. The van der Waals surface area contributed by atoms with E-state index in [0.29, 0.717) is 15.0 Å². The second-order valence-corrected chi connectivity index (χ2v) is 8.54. The van der Waals surface area contributed by atoms with Gasteiger partial charge in [-0.05, 0) is 42.5 Å². The van der Waals surface area contributed by atoms with Crippen molar-refractivity contribution in [3.05, 3.63) is 63.7 Å². The van der Waals surface area contributed by atoms with Crippen LogP contribution in [0.25, 0.3) is 10.6 Å². The number of benzene rings is 2. The summed E-state index contributed by atoms with van der Waals surface area (Å²) in [7, 11) is -4.15. The topological polar surface area (TPSA) is 59.1 Å². The quantitative estimate of drug-likeness (QED) is 0.548. The Morgan fingerprint density at radius 1 is 1.12 bits per heavy atom. The minimum absolute atomic E-state index is 0.223. The van der Waals surface area contributed by atoms with E-state index in [2.05, 4.69) is 25.6 Å². The maximum atomic E-state index is 13.1. The molecule has 0 saturated carbocycles. The number of aromatic nitrogens is 1. The Kier molecular flexibility index (Phi) is 5.35. The fourth-order valence-corrected chi connectivity index (χ4v) is 4.68. The molecule has 26 heavy (non-hydrogen) atoms. The largest absolute Gasteiger partial charge is 0.280 e. The van der Waals surface area contributed by atoms with Gasteiger partial charge in [-0.2, -0.15) is 8.42 Å². The molecule has 1 heterocycles. The highest BCUT2D eigenvalue weighted by atomic mass is 79.9. The number of rotatable bonds is 5. The van der Waals surface area contributed by atoms with Gasteiger partial charge in [0.15, 0.2) is 5.03 Å². The van der Waals surface area contributed by atoms with Crippen LogP contribution in [0.3, 0.4) is 0 Å². The predicted molar refractivity (Wildman–Crippen MR) is 97.4 cm³/mol. The van der Waals surface area contributed by atoms with E-state index in [9.17, 15) is 21.6 Å². The van der Waals surface area contributed by atoms with E-state index < -0.39 is 27.8 Å². The number of nitrogens with zero attached hydrogens (tertiary/aromatic N) is 1. The fourth-order valence-electron chi connectivity index (χ4n) is 2.11. The Morgan fingerprint density at radius 2 is 1.81 bits per heavy atom. The van der Waals surface area contributed by atoms with E-state index in [-0.39, 0.29) is 10.7 Å². The molecule has 2 aromatic carbocycles. The Hall–Kier alpha value is -1.91. The highest BCUT2D eigenvalue weighted by molar-refractivity contribution is 9.10. The second kappa shape index (κ2) is 7.37. The third-order valence-electron chi connectivity index (χ3n) is 3.34. The molecule has 0 atom stereocenters. The van der Waals surface area contributed by atoms with Crippen molar-refractivity contribution in [2.45, 2.75) is 11.5 Å². The van der Waals surface area contributed by atoms with Gasteiger partial charge in [0, 0.05) is 21.0 Å². The van der Waals surface area contributed by atoms with Gasteiger partial charge in [0.2, 0.25) is 0 Å². The monoisotopic (exact) mass is 462 g/mol. The average Bonchev–Trinajstić information content (AvgIpc) is 3.08. The van der Waals surface area contributed by atoms with Crippen LogP contribution in [0.1, 0.15) is 12.0 Å². The number of thiazole rings is 1. The van der Waals surface area contributed by atoms with E-state index in [0.717, 1.165) is 17.4 Å². The Bertz CT molecular complexity index is 1040. The van der Waals surface area contributed by atoms with E-state index in [1.165, 1.54) is 41.8 Å². The summed E-state index contributed by atoms with van der Waals surface area (Å²) in [4.78, 5) is 4.02. The van der Waals surface area contributed by atoms with E-state index >= 15 is 0 Å². The molecular formula is C16H10BrF3N2O2S2. The first-order valence-electron chi connectivity index (χ1n) is 7.08. The lowest BCUT2D eigenvalue weighted by Crippen LogP contribution is -2.14. The van der Waals surface area contributed by atoms with Gasteiger partial charge in [0.25, 0.3) is 16.4 Å². The Labute approximate surface area is 159 Å². The molecule has 3 aromatic rings. The molecule has 10 heteroatoms. The average molecular weight is 463 g/mol. The van der Waals surface area contributed by atoms with Crippen molar-refractivity contribution in [3.63, 3.8) is 0 Å². The van der Waals surface area contributed by atoms with Gasteiger partial charge < -0.3 is 0 Å². The molecule has 1 aromatic heterocycles. The van der Waals surface area contributed by atoms with Gasteiger partial charge in [-0.15, -0.1) is 11.3 Å². The molecule has 0 aliphatic rings. The third-order valence-corrected chi connectivity index (χ3v) is 6.12. The lowest BCUT2D eigenvalue weighted by atomic mass is 10.2. The Morgan fingerprint density at radius 3 is 2.46 bits per heavy atom. The highest BCUT2D eigenvalue weighted by Gasteiger charge is 2.22. The van der Waals surface area contributed by atoms with Crippen molar-refractivity contribution in [2.75, 3.05) is 4.72 Å². The molecule has 136 valence electrons. The molecule has 0 aliphatic carbocycles. The SMILES string of the molecule is O=S(=O)(Nc1ccc(Br)cc1C(F)F)c1csc(-c2ccc(F)cc2)n1. The number of halogens is 4. The van der Waals surface area contributed by atoms with Gasteiger partial charge in [-0.3, -0.25) is 4.72 Å². The molecule has 0 bridgehead atoms. The third kappa shape index (κ3) is 4.08. The summed E-state index contributed by atoms with van der Waals surface area (Å²) in [5.74, 6) is -0.422. The van der Waals surface area contributed by atoms with E-state index in [4.69, 9.17) is 0 Å². The Balaban J connectivity index is 1.91. The van der Waals surface area contributed by atoms with Crippen LogP contribution in [0.15, 0.2) is 57.3 Å². The minimum atomic E-state index is -4.15. The van der Waals surface area contributed by atoms with Crippen LogP contribution in [-0.4, -0.2) is 13.4 Å². The van der Waals surface area contributed by atoms with Crippen LogP contribution in [0.5, 0.6) is 0 Å².